The lowest BCUT2D eigenvalue weighted by atomic mass is 9.99. The first kappa shape index (κ1) is 22.0. The second-order valence-electron chi connectivity index (χ2n) is 7.11. The number of amides is 1. The summed E-state index contributed by atoms with van der Waals surface area (Å²) in [5.41, 5.74) is 1.37. The topological polar surface area (TPSA) is 102 Å². The molecule has 29 heavy (non-hydrogen) atoms. The SMILES string of the molecule is CCn1cc(S(=O)(=O)N2CCC[C@@H](C(=O)NCc3c(Br)cnn3CC)C2)c(C)n1. The molecule has 0 aromatic carbocycles. The van der Waals surface area contributed by atoms with Crippen molar-refractivity contribution in [1.29, 1.82) is 0 Å². The smallest absolute Gasteiger partial charge is 0.246 e. The lowest BCUT2D eigenvalue weighted by Crippen LogP contribution is -2.45. The molecule has 160 valence electrons. The summed E-state index contributed by atoms with van der Waals surface area (Å²) in [5.74, 6) is -0.515. The average molecular weight is 487 g/mol. The molecule has 0 aliphatic carbocycles. The van der Waals surface area contributed by atoms with Gasteiger partial charge in [0.15, 0.2) is 0 Å². The van der Waals surface area contributed by atoms with Crippen LogP contribution in [-0.4, -0.2) is 51.3 Å². The van der Waals surface area contributed by atoms with Crippen molar-refractivity contribution in [3.63, 3.8) is 0 Å². The molecule has 0 bridgehead atoms. The number of halogens is 1. The zero-order valence-corrected chi connectivity index (χ0v) is 19.3. The predicted octanol–water partition coefficient (Wildman–Crippen LogP) is 1.91. The molecule has 1 aliphatic heterocycles. The van der Waals surface area contributed by atoms with Crippen molar-refractivity contribution in [3.8, 4) is 0 Å². The van der Waals surface area contributed by atoms with Gasteiger partial charge in [0.25, 0.3) is 0 Å². The van der Waals surface area contributed by atoms with E-state index in [0.717, 1.165) is 10.2 Å². The quantitative estimate of drug-likeness (QED) is 0.643. The van der Waals surface area contributed by atoms with E-state index >= 15 is 0 Å². The van der Waals surface area contributed by atoms with Crippen molar-refractivity contribution in [2.45, 2.75) is 58.1 Å². The summed E-state index contributed by atoms with van der Waals surface area (Å²) in [7, 11) is -3.68. The maximum atomic E-state index is 13.1. The van der Waals surface area contributed by atoms with E-state index in [2.05, 4.69) is 31.4 Å². The molecule has 1 aliphatic rings. The highest BCUT2D eigenvalue weighted by atomic mass is 79.9. The number of carbonyl (C=O) groups is 1. The zero-order chi connectivity index (χ0) is 21.2. The van der Waals surface area contributed by atoms with Gasteiger partial charge in [0.05, 0.1) is 34.5 Å². The number of aryl methyl sites for hydroxylation is 3. The maximum absolute atomic E-state index is 13.1. The van der Waals surface area contributed by atoms with Crippen LogP contribution in [0, 0.1) is 12.8 Å². The minimum atomic E-state index is -3.68. The first-order chi connectivity index (χ1) is 13.8. The van der Waals surface area contributed by atoms with Gasteiger partial charge in [-0.1, -0.05) is 0 Å². The Morgan fingerprint density at radius 1 is 1.34 bits per heavy atom. The Hall–Kier alpha value is -1.72. The van der Waals surface area contributed by atoms with Crippen LogP contribution in [0.15, 0.2) is 21.8 Å². The van der Waals surface area contributed by atoms with E-state index in [1.165, 1.54) is 4.31 Å². The highest BCUT2D eigenvalue weighted by Gasteiger charge is 2.35. The first-order valence-corrected chi connectivity index (χ1v) is 12.0. The molecule has 0 unspecified atom stereocenters. The van der Waals surface area contributed by atoms with Gasteiger partial charge in [-0.15, -0.1) is 0 Å². The lowest BCUT2D eigenvalue weighted by Gasteiger charge is -2.31. The molecule has 0 radical (unpaired) electrons. The summed E-state index contributed by atoms with van der Waals surface area (Å²) in [4.78, 5) is 13.0. The van der Waals surface area contributed by atoms with Crippen LogP contribution in [0.1, 0.15) is 38.1 Å². The third-order valence-corrected chi connectivity index (χ3v) is 7.86. The van der Waals surface area contributed by atoms with E-state index in [1.54, 1.807) is 24.0 Å². The van der Waals surface area contributed by atoms with Crippen LogP contribution >= 0.6 is 15.9 Å². The number of sulfonamides is 1. The van der Waals surface area contributed by atoms with Crippen molar-refractivity contribution in [2.24, 2.45) is 5.92 Å². The van der Waals surface area contributed by atoms with Crippen molar-refractivity contribution in [3.05, 3.63) is 28.3 Å². The van der Waals surface area contributed by atoms with Crippen LogP contribution in [0.25, 0.3) is 0 Å². The van der Waals surface area contributed by atoms with E-state index in [0.29, 0.717) is 44.7 Å². The van der Waals surface area contributed by atoms with Gasteiger partial charge < -0.3 is 5.32 Å². The minimum absolute atomic E-state index is 0.137. The van der Waals surface area contributed by atoms with Gasteiger partial charge in [-0.3, -0.25) is 14.2 Å². The lowest BCUT2D eigenvalue weighted by molar-refractivity contribution is -0.126. The molecule has 3 heterocycles. The summed E-state index contributed by atoms with van der Waals surface area (Å²) in [6.07, 6.45) is 4.59. The Bertz CT molecular complexity index is 984. The molecule has 1 saturated heterocycles. The van der Waals surface area contributed by atoms with E-state index in [1.807, 2.05) is 18.5 Å². The summed E-state index contributed by atoms with van der Waals surface area (Å²) < 4.78 is 31.9. The van der Waals surface area contributed by atoms with Gasteiger partial charge >= 0.3 is 0 Å². The fourth-order valence-corrected chi connectivity index (χ4v) is 5.71. The number of carbonyl (C=O) groups excluding carboxylic acids is 1. The van der Waals surface area contributed by atoms with Crippen molar-refractivity contribution in [1.82, 2.24) is 29.2 Å². The van der Waals surface area contributed by atoms with Gasteiger partial charge in [0.1, 0.15) is 4.90 Å². The zero-order valence-electron chi connectivity index (χ0n) is 16.9. The molecule has 1 N–H and O–H groups in total. The molecule has 9 nitrogen and oxygen atoms in total. The number of hydrogen-bond donors (Lipinski definition) is 1. The minimum Gasteiger partial charge on any atom is -0.350 e. The number of rotatable bonds is 7. The van der Waals surface area contributed by atoms with Crippen molar-refractivity contribution >= 4 is 31.9 Å². The van der Waals surface area contributed by atoms with Gasteiger partial charge in [-0.2, -0.15) is 14.5 Å². The summed E-state index contributed by atoms with van der Waals surface area (Å²) in [5, 5.41) is 11.4. The molecule has 11 heteroatoms. The van der Waals surface area contributed by atoms with E-state index in [4.69, 9.17) is 0 Å². The fourth-order valence-electron chi connectivity index (χ4n) is 3.58. The van der Waals surface area contributed by atoms with Crippen LogP contribution in [0.4, 0.5) is 0 Å². The molecular formula is C18H27BrN6O3S. The Labute approximate surface area is 179 Å². The number of aromatic nitrogens is 4. The molecule has 0 saturated carbocycles. The fraction of sp³-hybridized carbons (Fsp3) is 0.611. The summed E-state index contributed by atoms with van der Waals surface area (Å²) in [6, 6.07) is 0. The first-order valence-electron chi connectivity index (χ1n) is 9.80. The van der Waals surface area contributed by atoms with E-state index < -0.39 is 10.0 Å². The van der Waals surface area contributed by atoms with Crippen LogP contribution in [0.5, 0.6) is 0 Å². The van der Waals surface area contributed by atoms with E-state index in [9.17, 15) is 13.2 Å². The monoisotopic (exact) mass is 486 g/mol. The molecule has 2 aromatic rings. The number of hydrogen-bond acceptors (Lipinski definition) is 5. The Kier molecular flexibility index (Phi) is 6.79. The number of nitrogens with one attached hydrogen (secondary N) is 1. The van der Waals surface area contributed by atoms with Crippen LogP contribution in [0.3, 0.4) is 0 Å². The molecule has 2 aromatic heterocycles. The summed E-state index contributed by atoms with van der Waals surface area (Å²) >= 11 is 3.45. The molecule has 0 spiro atoms. The number of nitrogens with zero attached hydrogens (tertiary/aromatic N) is 5. The second kappa shape index (κ2) is 8.97. The second-order valence-corrected chi connectivity index (χ2v) is 9.87. The van der Waals surface area contributed by atoms with Gasteiger partial charge in [-0.25, -0.2) is 8.42 Å². The largest absolute Gasteiger partial charge is 0.350 e. The predicted molar refractivity (Wildman–Crippen MR) is 112 cm³/mol. The van der Waals surface area contributed by atoms with Gasteiger partial charge in [0.2, 0.25) is 15.9 Å². The highest BCUT2D eigenvalue weighted by Crippen LogP contribution is 2.26. The third kappa shape index (κ3) is 4.56. The Balaban J connectivity index is 1.68. The highest BCUT2D eigenvalue weighted by molar-refractivity contribution is 9.10. The maximum Gasteiger partial charge on any atom is 0.246 e. The molecule has 1 fully saturated rings. The van der Waals surface area contributed by atoms with E-state index in [-0.39, 0.29) is 23.3 Å². The Morgan fingerprint density at radius 2 is 2.10 bits per heavy atom. The van der Waals surface area contributed by atoms with Crippen LogP contribution in [-0.2, 0) is 34.5 Å². The third-order valence-electron chi connectivity index (χ3n) is 5.23. The van der Waals surface area contributed by atoms with Crippen molar-refractivity contribution < 1.29 is 13.2 Å². The van der Waals surface area contributed by atoms with Gasteiger partial charge in [-0.05, 0) is 49.5 Å². The summed E-state index contributed by atoms with van der Waals surface area (Å²) in [6.45, 7) is 7.84. The molecular weight excluding hydrogens is 460 g/mol. The Morgan fingerprint density at radius 3 is 2.76 bits per heavy atom. The van der Waals surface area contributed by atoms with Gasteiger partial charge in [0, 0.05) is 32.4 Å². The molecule has 1 atom stereocenters. The van der Waals surface area contributed by atoms with Crippen LogP contribution in [0.2, 0.25) is 0 Å². The average Bonchev–Trinajstić information content (AvgIpc) is 3.28. The standard InChI is InChI=1S/C18H27BrN6O3S/c1-4-23-12-17(13(3)22-23)29(27,28)24-8-6-7-14(11-24)18(26)20-10-16-15(19)9-21-25(16)5-2/h9,12,14H,4-8,10-11H2,1-3H3,(H,20,26)/t14-/m1/s1. The number of piperidine rings is 1. The molecule has 3 rings (SSSR count). The van der Waals surface area contributed by atoms with Crippen LogP contribution < -0.4 is 5.32 Å². The van der Waals surface area contributed by atoms with Crippen molar-refractivity contribution in [2.75, 3.05) is 13.1 Å². The molecule has 1 amide bonds. The normalized spacial score (nSPS) is 18.1.